The van der Waals surface area contributed by atoms with Crippen LogP contribution in [0.25, 0.3) is 0 Å². The average molecular weight is 420 g/mol. The van der Waals surface area contributed by atoms with E-state index >= 15 is 0 Å². The summed E-state index contributed by atoms with van der Waals surface area (Å²) in [7, 11) is -4.16. The zero-order chi connectivity index (χ0) is 18.1. The second-order valence-electron chi connectivity index (χ2n) is 4.37. The maximum atomic E-state index is 13.0. The maximum absolute atomic E-state index is 13.0. The molecule has 11 heteroatoms. The van der Waals surface area contributed by atoms with Gasteiger partial charge in [0.15, 0.2) is 0 Å². The molecule has 1 N–H and O–H groups in total. The van der Waals surface area contributed by atoms with Crippen molar-refractivity contribution in [3.8, 4) is 0 Å². The minimum absolute atomic E-state index is 0.0630. The third-order valence-electron chi connectivity index (χ3n) is 2.59. The van der Waals surface area contributed by atoms with E-state index in [1.807, 2.05) is 0 Å². The molecule has 0 aliphatic carbocycles. The zero-order valence-corrected chi connectivity index (χ0v) is 14.5. The van der Waals surface area contributed by atoms with E-state index in [1.54, 1.807) is 0 Å². The molecule has 3 nitrogen and oxygen atoms in total. The Bertz CT molecular complexity index is 873. The van der Waals surface area contributed by atoms with E-state index < -0.39 is 33.1 Å². The van der Waals surface area contributed by atoms with E-state index in [0.29, 0.717) is 0 Å². The van der Waals surface area contributed by atoms with E-state index in [9.17, 15) is 26.0 Å². The number of benzene rings is 2. The van der Waals surface area contributed by atoms with Crippen LogP contribution in [0.1, 0.15) is 0 Å². The van der Waals surface area contributed by atoms with Crippen LogP contribution in [0.2, 0.25) is 10.0 Å². The lowest BCUT2D eigenvalue weighted by atomic mass is 10.3. The van der Waals surface area contributed by atoms with Gasteiger partial charge in [-0.05, 0) is 48.2 Å². The highest BCUT2D eigenvalue weighted by molar-refractivity contribution is 8.00. The molecular formula is C13H7Cl2F4NO2S2. The summed E-state index contributed by atoms with van der Waals surface area (Å²) >= 11 is 11.0. The molecule has 24 heavy (non-hydrogen) atoms. The molecule has 0 heterocycles. The summed E-state index contributed by atoms with van der Waals surface area (Å²) in [5, 5.41) is -0.611. The molecule has 2 rings (SSSR count). The van der Waals surface area contributed by atoms with Crippen molar-refractivity contribution in [3.05, 3.63) is 52.3 Å². The van der Waals surface area contributed by atoms with Gasteiger partial charge in [-0.3, -0.25) is 4.72 Å². The van der Waals surface area contributed by atoms with Crippen molar-refractivity contribution in [3.63, 3.8) is 0 Å². The number of alkyl halides is 3. The van der Waals surface area contributed by atoms with Crippen molar-refractivity contribution in [1.82, 2.24) is 0 Å². The summed E-state index contributed by atoms with van der Waals surface area (Å²) in [5.74, 6) is -0.712. The Morgan fingerprint density at radius 1 is 1.00 bits per heavy atom. The van der Waals surface area contributed by atoms with Crippen LogP contribution < -0.4 is 4.72 Å². The highest BCUT2D eigenvalue weighted by atomic mass is 35.5. The molecule has 0 aliphatic rings. The first-order valence-electron chi connectivity index (χ1n) is 6.01. The largest absolute Gasteiger partial charge is 0.446 e. The van der Waals surface area contributed by atoms with Crippen molar-refractivity contribution >= 4 is 50.7 Å². The van der Waals surface area contributed by atoms with E-state index in [0.717, 1.165) is 36.4 Å². The SMILES string of the molecule is O=S(=O)(Nc1ccc(SC(F)(F)F)c(Cl)c1)c1ccc(F)cc1Cl. The first kappa shape index (κ1) is 19.2. The number of halogens is 6. The fraction of sp³-hybridized carbons (Fsp3) is 0.0769. The molecule has 0 saturated heterocycles. The summed E-state index contributed by atoms with van der Waals surface area (Å²) in [6.45, 7) is 0. The molecule has 0 aliphatic heterocycles. The summed E-state index contributed by atoms with van der Waals surface area (Å²) in [5.41, 5.74) is -4.58. The van der Waals surface area contributed by atoms with Gasteiger partial charge in [-0.25, -0.2) is 12.8 Å². The number of anilines is 1. The predicted molar refractivity (Wildman–Crippen MR) is 85.6 cm³/mol. The average Bonchev–Trinajstić information content (AvgIpc) is 2.39. The Morgan fingerprint density at radius 2 is 1.67 bits per heavy atom. The van der Waals surface area contributed by atoms with Gasteiger partial charge in [0.1, 0.15) is 10.7 Å². The molecule has 2 aromatic carbocycles. The topological polar surface area (TPSA) is 46.2 Å². The normalized spacial score (nSPS) is 12.2. The Morgan fingerprint density at radius 3 is 2.21 bits per heavy atom. The van der Waals surface area contributed by atoms with Gasteiger partial charge in [0.05, 0.1) is 15.7 Å². The van der Waals surface area contributed by atoms with Gasteiger partial charge in [-0.1, -0.05) is 23.2 Å². The molecule has 0 aromatic heterocycles. The number of hydrogen-bond acceptors (Lipinski definition) is 3. The lowest BCUT2D eigenvalue weighted by molar-refractivity contribution is -0.0328. The number of nitrogens with one attached hydrogen (secondary N) is 1. The Hall–Kier alpha value is -1.16. The number of sulfonamides is 1. The highest BCUT2D eigenvalue weighted by Gasteiger charge is 2.30. The quantitative estimate of drug-likeness (QED) is 0.522. The van der Waals surface area contributed by atoms with Gasteiger partial charge in [0.25, 0.3) is 10.0 Å². The molecule has 0 amide bonds. The van der Waals surface area contributed by atoms with Crippen molar-refractivity contribution in [2.45, 2.75) is 15.3 Å². The lowest BCUT2D eigenvalue weighted by Crippen LogP contribution is -2.13. The first-order valence-corrected chi connectivity index (χ1v) is 9.07. The first-order chi connectivity index (χ1) is 11.0. The summed E-state index contributed by atoms with van der Waals surface area (Å²) in [4.78, 5) is -0.651. The fourth-order valence-corrected chi connectivity index (χ4v) is 4.10. The smallest absolute Gasteiger partial charge is 0.280 e. The van der Waals surface area contributed by atoms with Crippen LogP contribution in [-0.4, -0.2) is 13.9 Å². The standard InChI is InChI=1S/C13H7Cl2F4NO2S2/c14-9-6-8(2-3-11(9)23-13(17,18)19)20-24(21,22)12-4-1-7(16)5-10(12)15/h1-6,20H. The maximum Gasteiger partial charge on any atom is 0.446 e. The number of thioether (sulfide) groups is 1. The predicted octanol–water partition coefficient (Wildman–Crippen LogP) is 5.55. The van der Waals surface area contributed by atoms with Crippen LogP contribution in [0, 0.1) is 5.82 Å². The molecule has 0 spiro atoms. The summed E-state index contributed by atoms with van der Waals surface area (Å²) < 4.78 is 76.5. The van der Waals surface area contributed by atoms with Crippen LogP contribution in [0.15, 0.2) is 46.2 Å². The van der Waals surface area contributed by atoms with Gasteiger partial charge in [0, 0.05) is 4.90 Å². The van der Waals surface area contributed by atoms with Crippen LogP contribution >= 0.6 is 35.0 Å². The van der Waals surface area contributed by atoms with Crippen molar-refractivity contribution < 1.29 is 26.0 Å². The van der Waals surface area contributed by atoms with Crippen molar-refractivity contribution in [1.29, 1.82) is 0 Å². The van der Waals surface area contributed by atoms with E-state index in [2.05, 4.69) is 4.72 Å². The van der Waals surface area contributed by atoms with E-state index in [4.69, 9.17) is 23.2 Å². The molecule has 0 saturated carbocycles. The zero-order valence-electron chi connectivity index (χ0n) is 11.4. The van der Waals surface area contributed by atoms with Gasteiger partial charge in [0.2, 0.25) is 0 Å². The van der Waals surface area contributed by atoms with Gasteiger partial charge in [-0.2, -0.15) is 13.2 Å². The van der Waals surface area contributed by atoms with Crippen LogP contribution in [-0.2, 0) is 10.0 Å². The molecule has 0 atom stereocenters. The molecule has 0 fully saturated rings. The van der Waals surface area contributed by atoms with Crippen molar-refractivity contribution in [2.24, 2.45) is 0 Å². The molecule has 130 valence electrons. The molecule has 0 bridgehead atoms. The third kappa shape index (κ3) is 4.92. The van der Waals surface area contributed by atoms with Gasteiger partial charge in [-0.15, -0.1) is 0 Å². The Kier molecular flexibility index (Phi) is 5.58. The second kappa shape index (κ2) is 6.99. The van der Waals surface area contributed by atoms with Crippen LogP contribution in [0.3, 0.4) is 0 Å². The molecule has 0 radical (unpaired) electrons. The number of rotatable bonds is 4. The molecule has 2 aromatic rings. The number of hydrogen-bond donors (Lipinski definition) is 1. The monoisotopic (exact) mass is 419 g/mol. The Balaban J connectivity index is 2.29. The Labute approximate surface area is 149 Å². The van der Waals surface area contributed by atoms with Crippen LogP contribution in [0.4, 0.5) is 23.2 Å². The molecule has 0 unspecified atom stereocenters. The van der Waals surface area contributed by atoms with Crippen molar-refractivity contribution in [2.75, 3.05) is 4.72 Å². The molecular weight excluding hydrogens is 413 g/mol. The fourth-order valence-electron chi connectivity index (χ4n) is 1.68. The van der Waals surface area contributed by atoms with E-state index in [-0.39, 0.29) is 25.5 Å². The third-order valence-corrected chi connectivity index (χ3v) is 5.69. The van der Waals surface area contributed by atoms with Gasteiger partial charge < -0.3 is 0 Å². The second-order valence-corrected chi connectivity index (χ2v) is 7.95. The van der Waals surface area contributed by atoms with Crippen LogP contribution in [0.5, 0.6) is 0 Å². The summed E-state index contributed by atoms with van der Waals surface area (Å²) in [6.07, 6.45) is 0. The lowest BCUT2D eigenvalue weighted by Gasteiger charge is -2.12. The highest BCUT2D eigenvalue weighted by Crippen LogP contribution is 2.41. The minimum atomic E-state index is -4.52. The van der Waals surface area contributed by atoms with Gasteiger partial charge >= 0.3 is 5.51 Å². The minimum Gasteiger partial charge on any atom is -0.280 e. The summed E-state index contributed by atoms with van der Waals surface area (Å²) in [6, 6.07) is 5.89. The van der Waals surface area contributed by atoms with E-state index in [1.165, 1.54) is 0 Å².